The molecule has 0 aromatic heterocycles. The molecule has 0 saturated carbocycles. The number of fused-ring (bicyclic) bond motifs is 1. The summed E-state index contributed by atoms with van der Waals surface area (Å²) in [6, 6.07) is 26.3. The zero-order valence-electron chi connectivity index (χ0n) is 18.2. The van der Waals surface area contributed by atoms with Gasteiger partial charge in [0.1, 0.15) is 5.54 Å². The lowest BCUT2D eigenvalue weighted by Gasteiger charge is -2.39. The number of likely N-dealkylation sites (tertiary alicyclic amines) is 1. The van der Waals surface area contributed by atoms with Gasteiger partial charge in [0.2, 0.25) is 0 Å². The van der Waals surface area contributed by atoms with Crippen LogP contribution in [0.5, 0.6) is 0 Å². The van der Waals surface area contributed by atoms with Crippen molar-refractivity contribution < 1.29 is 4.79 Å². The van der Waals surface area contributed by atoms with Crippen LogP contribution in [0.4, 0.5) is 5.69 Å². The Labute approximate surface area is 194 Å². The molecule has 3 aromatic carbocycles. The van der Waals surface area contributed by atoms with Gasteiger partial charge in [-0.3, -0.25) is 14.7 Å². The summed E-state index contributed by atoms with van der Waals surface area (Å²) < 4.78 is 0. The van der Waals surface area contributed by atoms with E-state index in [9.17, 15) is 4.79 Å². The summed E-state index contributed by atoms with van der Waals surface area (Å²) >= 11 is 6.38. The van der Waals surface area contributed by atoms with E-state index < -0.39 is 5.54 Å². The van der Waals surface area contributed by atoms with Crippen molar-refractivity contribution in [3.8, 4) is 0 Å². The first-order valence-electron chi connectivity index (χ1n) is 11.1. The molecular formula is C27H26ClN3O. The zero-order chi connectivity index (χ0) is 22.1. The molecule has 2 heterocycles. The Morgan fingerprint density at radius 1 is 0.938 bits per heavy atom. The first kappa shape index (κ1) is 20.9. The van der Waals surface area contributed by atoms with Crippen molar-refractivity contribution in [2.75, 3.05) is 25.0 Å². The SMILES string of the molecule is CN1C(=O)C2(CCN(Cc3ccccc3)CC2)N=C(c2ccccc2)c2cc(Cl)ccc21. The van der Waals surface area contributed by atoms with Crippen LogP contribution in [-0.2, 0) is 11.3 Å². The number of aliphatic imine (C=N–C) groups is 1. The number of anilines is 1. The molecule has 3 aromatic rings. The molecule has 5 heteroatoms. The number of piperidine rings is 1. The van der Waals surface area contributed by atoms with Gasteiger partial charge in [-0.15, -0.1) is 0 Å². The van der Waals surface area contributed by atoms with Crippen molar-refractivity contribution in [3.63, 3.8) is 0 Å². The van der Waals surface area contributed by atoms with Gasteiger partial charge in [-0.05, 0) is 36.6 Å². The van der Waals surface area contributed by atoms with Crippen molar-refractivity contribution in [2.45, 2.75) is 24.9 Å². The van der Waals surface area contributed by atoms with Gasteiger partial charge in [-0.1, -0.05) is 72.3 Å². The second-order valence-electron chi connectivity index (χ2n) is 8.65. The molecule has 4 nitrogen and oxygen atoms in total. The maximum atomic E-state index is 13.8. The molecule has 1 fully saturated rings. The minimum Gasteiger partial charge on any atom is -0.313 e. The molecule has 0 unspecified atom stereocenters. The van der Waals surface area contributed by atoms with Gasteiger partial charge in [-0.2, -0.15) is 0 Å². The third-order valence-corrected chi connectivity index (χ3v) is 6.82. The zero-order valence-corrected chi connectivity index (χ0v) is 18.9. The van der Waals surface area contributed by atoms with E-state index in [4.69, 9.17) is 16.6 Å². The van der Waals surface area contributed by atoms with E-state index in [1.54, 1.807) is 4.90 Å². The number of benzene rings is 3. The highest BCUT2D eigenvalue weighted by Crippen LogP contribution is 2.38. The fourth-order valence-corrected chi connectivity index (χ4v) is 4.97. The van der Waals surface area contributed by atoms with Gasteiger partial charge >= 0.3 is 0 Å². The minimum atomic E-state index is -0.765. The van der Waals surface area contributed by atoms with Gasteiger partial charge < -0.3 is 4.90 Å². The van der Waals surface area contributed by atoms with Crippen LogP contribution in [0.15, 0.2) is 83.9 Å². The summed E-state index contributed by atoms with van der Waals surface area (Å²) in [7, 11) is 1.86. The number of likely N-dealkylation sites (N-methyl/N-ethyl adjacent to an activating group) is 1. The number of carbonyl (C=O) groups is 1. The topological polar surface area (TPSA) is 35.9 Å². The predicted molar refractivity (Wildman–Crippen MR) is 131 cm³/mol. The average Bonchev–Trinajstić information content (AvgIpc) is 2.91. The second-order valence-corrected chi connectivity index (χ2v) is 9.08. The Kier molecular flexibility index (Phi) is 5.58. The molecule has 0 bridgehead atoms. The van der Waals surface area contributed by atoms with E-state index in [2.05, 4.69) is 41.3 Å². The van der Waals surface area contributed by atoms with Crippen LogP contribution >= 0.6 is 11.6 Å². The van der Waals surface area contributed by atoms with Crippen molar-refractivity contribution in [2.24, 2.45) is 4.99 Å². The Balaban J connectivity index is 1.53. The van der Waals surface area contributed by atoms with Crippen LogP contribution in [-0.4, -0.2) is 42.2 Å². The minimum absolute atomic E-state index is 0.0614. The third-order valence-electron chi connectivity index (χ3n) is 6.58. The monoisotopic (exact) mass is 443 g/mol. The van der Waals surface area contributed by atoms with Crippen LogP contribution in [0.25, 0.3) is 0 Å². The molecule has 162 valence electrons. The molecule has 5 rings (SSSR count). The molecule has 0 atom stereocenters. The van der Waals surface area contributed by atoms with Gasteiger partial charge in [-0.25, -0.2) is 0 Å². The molecule has 1 amide bonds. The van der Waals surface area contributed by atoms with E-state index in [0.717, 1.165) is 42.2 Å². The lowest BCUT2D eigenvalue weighted by molar-refractivity contribution is -0.124. The summed E-state index contributed by atoms with van der Waals surface area (Å²) in [6.45, 7) is 2.56. The smallest absolute Gasteiger partial charge is 0.254 e. The fourth-order valence-electron chi connectivity index (χ4n) is 4.80. The standard InChI is InChI=1S/C27H26ClN3O/c1-30-24-13-12-22(28)18-23(24)25(21-10-6-3-7-11-21)29-27(26(30)32)14-16-31(17-15-27)19-20-8-4-2-5-9-20/h2-13,18H,14-17,19H2,1H3. The maximum absolute atomic E-state index is 13.8. The van der Waals surface area contributed by atoms with Crippen molar-refractivity contribution in [1.29, 1.82) is 0 Å². The summed E-state index contributed by atoms with van der Waals surface area (Å²) in [6.07, 6.45) is 1.39. The summed E-state index contributed by atoms with van der Waals surface area (Å²) in [5, 5.41) is 0.641. The van der Waals surface area contributed by atoms with E-state index in [1.165, 1.54) is 5.56 Å². The van der Waals surface area contributed by atoms with Crippen molar-refractivity contribution in [1.82, 2.24) is 4.90 Å². The first-order valence-corrected chi connectivity index (χ1v) is 11.4. The summed E-state index contributed by atoms with van der Waals surface area (Å²) in [5.41, 5.74) is 4.14. The highest BCUT2D eigenvalue weighted by molar-refractivity contribution is 6.32. The first-order chi connectivity index (χ1) is 15.6. The summed E-state index contributed by atoms with van der Waals surface area (Å²) in [5.74, 6) is 0.0614. The Hall–Kier alpha value is -2.95. The second kappa shape index (κ2) is 8.53. The number of amides is 1. The molecule has 2 aliphatic rings. The van der Waals surface area contributed by atoms with Gasteiger partial charge in [0.15, 0.2) is 0 Å². The van der Waals surface area contributed by atoms with E-state index >= 15 is 0 Å². The van der Waals surface area contributed by atoms with E-state index in [0.29, 0.717) is 17.9 Å². The van der Waals surface area contributed by atoms with Crippen molar-refractivity contribution in [3.05, 3.63) is 101 Å². The summed E-state index contributed by atoms with van der Waals surface area (Å²) in [4.78, 5) is 23.2. The lowest BCUT2D eigenvalue weighted by Crippen LogP contribution is -2.52. The highest BCUT2D eigenvalue weighted by Gasteiger charge is 2.45. The number of hydrogen-bond acceptors (Lipinski definition) is 3. The Morgan fingerprint density at radius 3 is 2.28 bits per heavy atom. The predicted octanol–water partition coefficient (Wildman–Crippen LogP) is 5.19. The molecule has 0 N–H and O–H groups in total. The molecule has 1 spiro atoms. The van der Waals surface area contributed by atoms with E-state index in [1.807, 2.05) is 49.5 Å². The Bertz CT molecular complexity index is 1150. The molecule has 2 aliphatic heterocycles. The Morgan fingerprint density at radius 2 is 1.59 bits per heavy atom. The van der Waals surface area contributed by atoms with Crippen molar-refractivity contribution >= 4 is 28.9 Å². The fraction of sp³-hybridized carbons (Fsp3) is 0.259. The number of rotatable bonds is 3. The number of halogens is 1. The molecule has 0 aliphatic carbocycles. The van der Waals surface area contributed by atoms with Crippen LogP contribution < -0.4 is 4.90 Å². The van der Waals surface area contributed by atoms with Crippen LogP contribution in [0.2, 0.25) is 5.02 Å². The lowest BCUT2D eigenvalue weighted by atomic mass is 9.86. The highest BCUT2D eigenvalue weighted by atomic mass is 35.5. The van der Waals surface area contributed by atoms with Crippen LogP contribution in [0.1, 0.15) is 29.5 Å². The quantitative estimate of drug-likeness (QED) is 0.558. The third kappa shape index (κ3) is 3.85. The number of nitrogens with zero attached hydrogens (tertiary/aromatic N) is 3. The van der Waals surface area contributed by atoms with E-state index in [-0.39, 0.29) is 5.91 Å². The van der Waals surface area contributed by atoms with Gasteiger partial charge in [0.05, 0.1) is 11.4 Å². The largest absolute Gasteiger partial charge is 0.313 e. The molecule has 0 radical (unpaired) electrons. The molecular weight excluding hydrogens is 418 g/mol. The average molecular weight is 444 g/mol. The van der Waals surface area contributed by atoms with Gasteiger partial charge in [0, 0.05) is 42.8 Å². The van der Waals surface area contributed by atoms with Crippen LogP contribution in [0, 0.1) is 0 Å². The number of hydrogen-bond donors (Lipinski definition) is 0. The maximum Gasteiger partial charge on any atom is 0.254 e. The van der Waals surface area contributed by atoms with Crippen LogP contribution in [0.3, 0.4) is 0 Å². The number of carbonyl (C=O) groups excluding carboxylic acids is 1. The normalized spacial score (nSPS) is 18.2. The molecule has 1 saturated heterocycles. The molecule has 32 heavy (non-hydrogen) atoms. The van der Waals surface area contributed by atoms with Gasteiger partial charge in [0.25, 0.3) is 5.91 Å².